The summed E-state index contributed by atoms with van der Waals surface area (Å²) >= 11 is 0. The molecule has 2 rings (SSSR count). The van der Waals surface area contributed by atoms with Gasteiger partial charge in [-0.05, 0) is 39.1 Å². The quantitative estimate of drug-likeness (QED) is 0.849. The first-order valence-corrected chi connectivity index (χ1v) is 8.44. The summed E-state index contributed by atoms with van der Waals surface area (Å²) < 4.78 is 25.0. The van der Waals surface area contributed by atoms with E-state index in [-0.39, 0.29) is 0 Å². The summed E-state index contributed by atoms with van der Waals surface area (Å²) in [6, 6.07) is 5.08. The lowest BCUT2D eigenvalue weighted by Crippen LogP contribution is -2.45. The normalized spacial score (nSPS) is 17.7. The Hall–Kier alpha value is -1.27. The Balaban J connectivity index is 2.44. The first-order chi connectivity index (χ1) is 9.32. The van der Waals surface area contributed by atoms with Crippen LogP contribution >= 0.6 is 0 Å². The Labute approximate surface area is 121 Å². The predicted octanol–water partition coefficient (Wildman–Crippen LogP) is 1.20. The van der Waals surface area contributed by atoms with Crippen LogP contribution in [0, 0.1) is 0 Å². The maximum atomic E-state index is 12.5. The number of nitrogens with zero attached hydrogens (tertiary/aromatic N) is 2. The molecule has 20 heavy (non-hydrogen) atoms. The van der Waals surface area contributed by atoms with Gasteiger partial charge < -0.3 is 15.5 Å². The van der Waals surface area contributed by atoms with Gasteiger partial charge in [-0.1, -0.05) is 0 Å². The number of nitrogen functional groups attached to an aromatic ring is 1. The molecule has 6 heteroatoms. The molecule has 0 amide bonds. The van der Waals surface area contributed by atoms with Crippen molar-refractivity contribution in [3.8, 4) is 0 Å². The summed E-state index contributed by atoms with van der Waals surface area (Å²) in [6.07, 6.45) is 0. The number of hydrogen-bond acceptors (Lipinski definition) is 5. The van der Waals surface area contributed by atoms with Gasteiger partial charge in [-0.3, -0.25) is 0 Å². The topological polar surface area (TPSA) is 66.6 Å². The van der Waals surface area contributed by atoms with Crippen LogP contribution in [0.2, 0.25) is 0 Å². The van der Waals surface area contributed by atoms with E-state index < -0.39 is 15.1 Å². The molecule has 2 N–H and O–H groups in total. The molecular weight excluding hydrogens is 274 g/mol. The average Bonchev–Trinajstić information content (AvgIpc) is 2.39. The van der Waals surface area contributed by atoms with Crippen LogP contribution in [0.25, 0.3) is 0 Å². The SMILES string of the molecule is CC(C)S(=O)(=O)c1ccc(N)cc1N1CCN(C)CC1. The van der Waals surface area contributed by atoms with E-state index >= 15 is 0 Å². The van der Waals surface area contributed by atoms with Crippen LogP contribution in [0.15, 0.2) is 23.1 Å². The van der Waals surface area contributed by atoms with Crippen LogP contribution in [0.4, 0.5) is 11.4 Å². The predicted molar refractivity (Wildman–Crippen MR) is 82.9 cm³/mol. The zero-order valence-corrected chi connectivity index (χ0v) is 13.2. The van der Waals surface area contributed by atoms with Crippen molar-refractivity contribution in [2.24, 2.45) is 0 Å². The van der Waals surface area contributed by atoms with Crippen LogP contribution in [-0.4, -0.2) is 51.8 Å². The van der Waals surface area contributed by atoms with E-state index in [4.69, 9.17) is 5.73 Å². The molecule has 0 radical (unpaired) electrons. The Morgan fingerprint density at radius 3 is 2.30 bits per heavy atom. The van der Waals surface area contributed by atoms with Crippen molar-refractivity contribution >= 4 is 21.2 Å². The molecule has 1 heterocycles. The van der Waals surface area contributed by atoms with E-state index in [1.54, 1.807) is 32.0 Å². The molecule has 112 valence electrons. The maximum Gasteiger partial charge on any atom is 0.182 e. The number of nitrogens with two attached hydrogens (primary N) is 1. The zero-order valence-electron chi connectivity index (χ0n) is 12.3. The van der Waals surface area contributed by atoms with Crippen molar-refractivity contribution in [3.63, 3.8) is 0 Å². The number of piperazine rings is 1. The van der Waals surface area contributed by atoms with Gasteiger partial charge in [-0.25, -0.2) is 8.42 Å². The lowest BCUT2D eigenvalue weighted by atomic mass is 10.2. The van der Waals surface area contributed by atoms with Crippen molar-refractivity contribution in [2.45, 2.75) is 24.0 Å². The minimum Gasteiger partial charge on any atom is -0.399 e. The van der Waals surface area contributed by atoms with Gasteiger partial charge in [-0.15, -0.1) is 0 Å². The van der Waals surface area contributed by atoms with Crippen molar-refractivity contribution in [1.82, 2.24) is 4.90 Å². The van der Waals surface area contributed by atoms with Crippen molar-refractivity contribution in [3.05, 3.63) is 18.2 Å². The molecule has 0 aromatic heterocycles. The largest absolute Gasteiger partial charge is 0.399 e. The third kappa shape index (κ3) is 2.91. The van der Waals surface area contributed by atoms with Gasteiger partial charge in [0.15, 0.2) is 9.84 Å². The summed E-state index contributed by atoms with van der Waals surface area (Å²) in [5.41, 5.74) is 7.19. The molecule has 0 aliphatic carbocycles. The third-order valence-electron chi connectivity index (χ3n) is 3.75. The molecule has 5 nitrogen and oxygen atoms in total. The molecule has 0 saturated carbocycles. The second-order valence-electron chi connectivity index (χ2n) is 5.61. The Morgan fingerprint density at radius 2 is 1.75 bits per heavy atom. The summed E-state index contributed by atoms with van der Waals surface area (Å²) in [7, 11) is -1.23. The lowest BCUT2D eigenvalue weighted by molar-refractivity contribution is 0.312. The molecular formula is C14H23N3O2S. The average molecular weight is 297 g/mol. The van der Waals surface area contributed by atoms with E-state index in [2.05, 4.69) is 16.8 Å². The van der Waals surface area contributed by atoms with Crippen LogP contribution in [0.1, 0.15) is 13.8 Å². The highest BCUT2D eigenvalue weighted by atomic mass is 32.2. The lowest BCUT2D eigenvalue weighted by Gasteiger charge is -2.35. The first kappa shape index (κ1) is 15.1. The minimum absolute atomic E-state index is 0.395. The molecule has 0 spiro atoms. The second-order valence-corrected chi connectivity index (χ2v) is 8.08. The second kappa shape index (κ2) is 5.61. The number of hydrogen-bond donors (Lipinski definition) is 1. The molecule has 1 aromatic rings. The van der Waals surface area contributed by atoms with Gasteiger partial charge in [-0.2, -0.15) is 0 Å². The number of anilines is 2. The summed E-state index contributed by atoms with van der Waals surface area (Å²) in [5, 5.41) is -0.433. The molecule has 0 unspecified atom stereocenters. The number of sulfone groups is 1. The van der Waals surface area contributed by atoms with E-state index in [0.29, 0.717) is 10.6 Å². The van der Waals surface area contributed by atoms with E-state index in [1.165, 1.54) is 0 Å². The smallest absolute Gasteiger partial charge is 0.182 e. The van der Waals surface area contributed by atoms with Gasteiger partial charge in [0, 0.05) is 31.9 Å². The Kier molecular flexibility index (Phi) is 4.25. The van der Waals surface area contributed by atoms with Crippen molar-refractivity contribution < 1.29 is 8.42 Å². The number of likely N-dealkylation sites (N-methyl/N-ethyl adjacent to an activating group) is 1. The molecule has 0 bridgehead atoms. The summed E-state index contributed by atoms with van der Waals surface area (Å²) in [5.74, 6) is 0. The van der Waals surface area contributed by atoms with Gasteiger partial charge in [0.2, 0.25) is 0 Å². The third-order valence-corrected chi connectivity index (χ3v) is 5.95. The fraction of sp³-hybridized carbons (Fsp3) is 0.571. The van der Waals surface area contributed by atoms with E-state index in [0.717, 1.165) is 31.9 Å². The molecule has 1 fully saturated rings. The Bertz CT molecular complexity index is 576. The van der Waals surface area contributed by atoms with E-state index in [9.17, 15) is 8.42 Å². The number of benzene rings is 1. The molecule has 1 aromatic carbocycles. The zero-order chi connectivity index (χ0) is 14.9. The molecule has 1 aliphatic heterocycles. The minimum atomic E-state index is -3.30. The van der Waals surface area contributed by atoms with E-state index in [1.807, 2.05) is 0 Å². The van der Waals surface area contributed by atoms with Crippen LogP contribution in [0.3, 0.4) is 0 Å². The fourth-order valence-electron chi connectivity index (χ4n) is 2.32. The van der Waals surface area contributed by atoms with Crippen LogP contribution in [-0.2, 0) is 9.84 Å². The summed E-state index contributed by atoms with van der Waals surface area (Å²) in [4.78, 5) is 4.75. The molecule has 0 atom stereocenters. The highest BCUT2D eigenvalue weighted by molar-refractivity contribution is 7.92. The summed E-state index contributed by atoms with van der Waals surface area (Å²) in [6.45, 7) is 6.91. The maximum absolute atomic E-state index is 12.5. The highest BCUT2D eigenvalue weighted by Gasteiger charge is 2.26. The first-order valence-electron chi connectivity index (χ1n) is 6.89. The van der Waals surface area contributed by atoms with Gasteiger partial charge in [0.25, 0.3) is 0 Å². The van der Waals surface area contributed by atoms with Gasteiger partial charge in [0.1, 0.15) is 0 Å². The number of rotatable bonds is 3. The molecule has 1 aliphatic rings. The van der Waals surface area contributed by atoms with Crippen LogP contribution in [0.5, 0.6) is 0 Å². The van der Waals surface area contributed by atoms with Crippen LogP contribution < -0.4 is 10.6 Å². The molecule has 1 saturated heterocycles. The highest BCUT2D eigenvalue weighted by Crippen LogP contribution is 2.30. The van der Waals surface area contributed by atoms with Crippen molar-refractivity contribution in [2.75, 3.05) is 43.9 Å². The van der Waals surface area contributed by atoms with Gasteiger partial charge in [0.05, 0.1) is 15.8 Å². The monoisotopic (exact) mass is 297 g/mol. The standard InChI is InChI=1S/C14H23N3O2S/c1-11(2)20(18,19)14-5-4-12(15)10-13(14)17-8-6-16(3)7-9-17/h4-5,10-11H,6-9,15H2,1-3H3. The van der Waals surface area contributed by atoms with Gasteiger partial charge >= 0.3 is 0 Å². The Morgan fingerprint density at radius 1 is 1.15 bits per heavy atom. The fourth-order valence-corrected chi connectivity index (χ4v) is 3.57. The van der Waals surface area contributed by atoms with Crippen molar-refractivity contribution in [1.29, 1.82) is 0 Å².